The Morgan fingerprint density at radius 3 is 2.03 bits per heavy atom. The first-order valence-electron chi connectivity index (χ1n) is 14.5. The van der Waals surface area contributed by atoms with E-state index in [1.54, 1.807) is 0 Å². The van der Waals surface area contributed by atoms with Gasteiger partial charge in [-0.05, 0) is 124 Å². The summed E-state index contributed by atoms with van der Waals surface area (Å²) in [5.41, 5.74) is -0.492. The molecule has 5 rings (SSSR count). The number of hydrogen-bond acceptors (Lipinski definition) is 4. The first kappa shape index (κ1) is 34.2. The second kappa shape index (κ2) is 11.0. The first-order valence-corrected chi connectivity index (χ1v) is 14.5. The van der Waals surface area contributed by atoms with Gasteiger partial charge in [0.1, 0.15) is 0 Å². The zero-order valence-corrected chi connectivity index (χ0v) is 34.5. The van der Waals surface area contributed by atoms with Gasteiger partial charge in [0, 0.05) is 94.2 Å². The Kier molecular flexibility index (Phi) is 10.2. The van der Waals surface area contributed by atoms with Crippen molar-refractivity contribution in [3.63, 3.8) is 0 Å². The summed E-state index contributed by atoms with van der Waals surface area (Å²) in [5.74, 6) is 1.78. The van der Waals surface area contributed by atoms with Crippen molar-refractivity contribution >= 4 is 0 Å². The average molecular weight is 944 g/mol. The fourth-order valence-corrected chi connectivity index (χ4v) is 11.4. The summed E-state index contributed by atoms with van der Waals surface area (Å²) in [6.45, 7) is 18.5. The van der Waals surface area contributed by atoms with Crippen LogP contribution in [0.4, 0.5) is 0 Å². The van der Waals surface area contributed by atoms with E-state index in [1.807, 2.05) is 13.8 Å². The van der Waals surface area contributed by atoms with E-state index in [2.05, 4.69) is 48.7 Å². The molecule has 4 nitrogen and oxygen atoms in total. The predicted octanol–water partition coefficient (Wildman–Crippen LogP) is 6.53. The number of aliphatic hydroxyl groups is 2. The van der Waals surface area contributed by atoms with E-state index in [1.165, 1.54) is 25.7 Å². The molecule has 2 radical (unpaired) electrons. The summed E-state index contributed by atoms with van der Waals surface area (Å²) in [6, 6.07) is 0. The second-order valence-electron chi connectivity index (χ2n) is 15.6. The Labute approximate surface area is 299 Å². The van der Waals surface area contributed by atoms with Crippen LogP contribution >= 0.6 is 0 Å². The van der Waals surface area contributed by atoms with Gasteiger partial charge in [-0.2, -0.15) is 0 Å². The average Bonchev–Trinajstić information content (AvgIpc) is 3.30. The van der Waals surface area contributed by atoms with Gasteiger partial charge in [0.05, 0.1) is 23.4 Å². The zero-order valence-electron chi connectivity index (χ0n) is 25.0. The molecule has 5 aliphatic rings. The predicted molar refractivity (Wildman–Crippen MR) is 139 cm³/mol. The van der Waals surface area contributed by atoms with Crippen molar-refractivity contribution < 1.29 is 108 Å². The standard InChI is InChI=1S/C31H53O4.2Ac/c1-26(2)22-11-16-30(7)25(28(22,5)14-12-23(26)34-9)21(32)18-20-19(10-15-29(20,30)6)31(8)17-13-24(35-31)27(3,4)33;;/h19-25,32-33H,9-18H2,1-8H3;;/q-1;;/t19-,20?,21+,22?,23-,24-,25?,28-,29+,30+,31+;;/m0../s1. The van der Waals surface area contributed by atoms with Gasteiger partial charge in [-0.15, -0.1) is 0 Å². The Morgan fingerprint density at radius 1 is 0.838 bits per heavy atom. The van der Waals surface area contributed by atoms with E-state index in [0.717, 1.165) is 32.1 Å². The molecule has 4 aliphatic carbocycles. The van der Waals surface area contributed by atoms with Gasteiger partial charge in [-0.1, -0.05) is 34.6 Å². The molecule has 37 heavy (non-hydrogen) atoms. The Hall–Kier alpha value is 2.72. The normalized spacial score (nSPS) is 52.8. The molecule has 3 unspecified atom stereocenters. The summed E-state index contributed by atoms with van der Waals surface area (Å²) < 4.78 is 12.4. The zero-order chi connectivity index (χ0) is 25.8. The summed E-state index contributed by atoms with van der Waals surface area (Å²) >= 11 is 0. The molecule has 6 heteroatoms. The minimum Gasteiger partial charge on any atom is -0.552 e. The van der Waals surface area contributed by atoms with Crippen molar-refractivity contribution in [2.75, 3.05) is 0 Å². The van der Waals surface area contributed by atoms with Gasteiger partial charge in [-0.25, -0.2) is 7.11 Å². The summed E-state index contributed by atoms with van der Waals surface area (Å²) in [7, 11) is 3.83. The summed E-state index contributed by atoms with van der Waals surface area (Å²) in [5, 5.41) is 22.7. The van der Waals surface area contributed by atoms with E-state index < -0.39 is 5.60 Å². The molecule has 0 aromatic rings. The topological polar surface area (TPSA) is 58.9 Å². The fourth-order valence-electron chi connectivity index (χ4n) is 11.4. The molecular formula is C31H53Ac2O4-. The van der Waals surface area contributed by atoms with Crippen molar-refractivity contribution in [2.45, 2.75) is 143 Å². The van der Waals surface area contributed by atoms with Crippen LogP contribution in [0.2, 0.25) is 0 Å². The van der Waals surface area contributed by atoms with Crippen LogP contribution in [-0.2, 0) is 9.47 Å². The largest absolute Gasteiger partial charge is 0.552 e. The Balaban J connectivity index is 0.00000190. The van der Waals surface area contributed by atoms with Crippen LogP contribution < -0.4 is 0 Å². The fraction of sp³-hybridized carbons (Fsp3) is 0.968. The molecule has 1 heterocycles. The number of ether oxygens (including phenoxy) is 2. The molecule has 4 saturated carbocycles. The third kappa shape index (κ3) is 4.95. The minimum atomic E-state index is -0.806. The van der Waals surface area contributed by atoms with E-state index in [0.29, 0.717) is 23.7 Å². The molecule has 1 aliphatic heterocycles. The van der Waals surface area contributed by atoms with Gasteiger partial charge in [0.2, 0.25) is 0 Å². The molecular weight excluding hydrogens is 890 g/mol. The third-order valence-corrected chi connectivity index (χ3v) is 13.4. The monoisotopic (exact) mass is 943 g/mol. The number of hydrogen-bond donors (Lipinski definition) is 2. The molecule has 1 saturated heterocycles. The number of rotatable bonds is 3. The van der Waals surface area contributed by atoms with E-state index in [9.17, 15) is 10.2 Å². The quantitative estimate of drug-likeness (QED) is 0.317. The molecule has 0 bridgehead atoms. The molecule has 11 atom stereocenters. The minimum absolute atomic E-state index is 0. The van der Waals surface area contributed by atoms with Crippen molar-refractivity contribution in [1.29, 1.82) is 0 Å². The molecule has 0 spiro atoms. The smallest absolute Gasteiger partial charge is 0.0865 e. The van der Waals surface area contributed by atoms with Gasteiger partial charge < -0.3 is 19.7 Å². The van der Waals surface area contributed by atoms with Crippen molar-refractivity contribution in [1.82, 2.24) is 0 Å². The first-order chi connectivity index (χ1) is 16.0. The summed E-state index contributed by atoms with van der Waals surface area (Å²) in [4.78, 5) is 0. The van der Waals surface area contributed by atoms with Crippen LogP contribution in [0.25, 0.3) is 0 Å². The van der Waals surface area contributed by atoms with Crippen molar-refractivity contribution in [3.05, 3.63) is 7.11 Å². The van der Waals surface area contributed by atoms with Crippen LogP contribution in [0.3, 0.4) is 0 Å². The maximum atomic E-state index is 12.0. The number of fused-ring (bicyclic) bond motifs is 5. The Morgan fingerprint density at radius 2 is 1.46 bits per heavy atom. The van der Waals surface area contributed by atoms with Crippen LogP contribution in [0, 0.1) is 141 Å². The van der Waals surface area contributed by atoms with Crippen LogP contribution in [0.5, 0.6) is 0 Å². The molecule has 0 aromatic carbocycles. The van der Waals surface area contributed by atoms with E-state index in [4.69, 9.17) is 9.47 Å². The van der Waals surface area contributed by atoms with E-state index >= 15 is 0 Å². The maximum absolute atomic E-state index is 12.0. The van der Waals surface area contributed by atoms with Gasteiger partial charge in [0.25, 0.3) is 0 Å². The number of aliphatic hydroxyl groups excluding tert-OH is 1. The van der Waals surface area contributed by atoms with Crippen molar-refractivity contribution in [3.8, 4) is 0 Å². The molecule has 208 valence electrons. The summed E-state index contributed by atoms with van der Waals surface area (Å²) in [6.07, 6.45) is 9.62. The van der Waals surface area contributed by atoms with Gasteiger partial charge in [-0.3, -0.25) is 0 Å². The van der Waals surface area contributed by atoms with Crippen LogP contribution in [-0.4, -0.2) is 39.7 Å². The van der Waals surface area contributed by atoms with Gasteiger partial charge in [0.15, 0.2) is 0 Å². The molecule has 0 aromatic heterocycles. The molecule has 5 fully saturated rings. The second-order valence-corrected chi connectivity index (χ2v) is 15.6. The molecule has 0 amide bonds. The SMILES string of the molecule is [Ac].[Ac].[CH2-]O[C@H]1CC[C@@]2(C)C(CC[C@]3(C)C2[C@H](O)CC2[C@@H]([C@@]4(C)CC[C@@H](C(C)(C)O)O4)CC[C@]23C)C1(C)C. The van der Waals surface area contributed by atoms with Gasteiger partial charge >= 0.3 is 0 Å². The molecule has 2 N–H and O–H groups in total. The van der Waals surface area contributed by atoms with E-state index in [-0.39, 0.29) is 134 Å². The third-order valence-electron chi connectivity index (χ3n) is 13.4. The van der Waals surface area contributed by atoms with Crippen molar-refractivity contribution in [2.24, 2.45) is 45.3 Å². The van der Waals surface area contributed by atoms with Crippen LogP contribution in [0.15, 0.2) is 0 Å². The Bertz CT molecular complexity index is 844. The maximum Gasteiger partial charge on any atom is 0.0865 e. The van der Waals surface area contributed by atoms with Crippen LogP contribution in [0.1, 0.15) is 113 Å².